The largest absolute Gasteiger partial charge is 0.326 e. The van der Waals surface area contributed by atoms with Crippen LogP contribution in [0.4, 0.5) is 4.79 Å². The first-order valence-electron chi connectivity index (χ1n) is 8.97. The lowest BCUT2D eigenvalue weighted by molar-refractivity contribution is -0.134. The number of carbonyl (C=O) groups excluding carboxylic acids is 2. The number of nitrogens with one attached hydrogen (secondary N) is 1. The molecule has 3 amide bonds. The molecular formula is C17H29N3O2. The predicted octanol–water partition coefficient (Wildman–Crippen LogP) is 2.71. The zero-order chi connectivity index (χ0) is 15.6. The summed E-state index contributed by atoms with van der Waals surface area (Å²) in [6, 6.07) is -0.179. The second kappa shape index (κ2) is 6.57. The Kier molecular flexibility index (Phi) is 4.71. The normalized spacial score (nSPS) is 34.6. The van der Waals surface area contributed by atoms with Crippen LogP contribution in [0.25, 0.3) is 0 Å². The fourth-order valence-corrected chi connectivity index (χ4v) is 4.05. The van der Waals surface area contributed by atoms with Crippen molar-refractivity contribution in [3.63, 3.8) is 0 Å². The number of rotatable bonds is 2. The predicted molar refractivity (Wildman–Crippen MR) is 85.3 cm³/mol. The van der Waals surface area contributed by atoms with Crippen molar-refractivity contribution in [2.75, 3.05) is 19.8 Å². The van der Waals surface area contributed by atoms with Gasteiger partial charge in [0.05, 0.1) is 6.67 Å². The van der Waals surface area contributed by atoms with Gasteiger partial charge in [-0.25, -0.2) is 9.69 Å². The molecule has 0 bridgehead atoms. The standard InChI is InChI=1S/C17H29N3O2/c1-14-7-9-17(10-8-14)15(21)20(16(22)18-17)13-19-11-5-3-2-4-6-12-19/h14H,2-13H2,1H3,(H,18,22). The molecule has 124 valence electrons. The molecular weight excluding hydrogens is 278 g/mol. The van der Waals surface area contributed by atoms with Gasteiger partial charge in [0.15, 0.2) is 0 Å². The van der Waals surface area contributed by atoms with Crippen molar-refractivity contribution in [3.05, 3.63) is 0 Å². The molecule has 1 N–H and O–H groups in total. The molecule has 1 aliphatic carbocycles. The van der Waals surface area contributed by atoms with E-state index in [2.05, 4.69) is 17.1 Å². The van der Waals surface area contributed by atoms with Crippen LogP contribution in [0.3, 0.4) is 0 Å². The Morgan fingerprint density at radius 3 is 2.27 bits per heavy atom. The van der Waals surface area contributed by atoms with Crippen LogP contribution in [0.1, 0.15) is 64.7 Å². The maximum atomic E-state index is 12.8. The number of hydrogen-bond donors (Lipinski definition) is 1. The van der Waals surface area contributed by atoms with Crippen LogP contribution < -0.4 is 5.32 Å². The third-order valence-corrected chi connectivity index (χ3v) is 5.66. The minimum Gasteiger partial charge on any atom is -0.323 e. The highest BCUT2D eigenvalue weighted by atomic mass is 16.2. The maximum Gasteiger partial charge on any atom is 0.326 e. The van der Waals surface area contributed by atoms with E-state index in [-0.39, 0.29) is 11.9 Å². The highest BCUT2D eigenvalue weighted by Gasteiger charge is 2.52. The van der Waals surface area contributed by atoms with Crippen molar-refractivity contribution >= 4 is 11.9 Å². The van der Waals surface area contributed by atoms with Gasteiger partial charge in [-0.05, 0) is 57.5 Å². The van der Waals surface area contributed by atoms with E-state index in [1.807, 2.05) is 0 Å². The molecule has 0 aromatic heterocycles. The lowest BCUT2D eigenvalue weighted by Crippen LogP contribution is -2.50. The molecule has 5 heteroatoms. The van der Waals surface area contributed by atoms with Gasteiger partial charge < -0.3 is 5.32 Å². The molecule has 2 heterocycles. The highest BCUT2D eigenvalue weighted by molar-refractivity contribution is 6.07. The van der Waals surface area contributed by atoms with Gasteiger partial charge in [-0.1, -0.05) is 26.2 Å². The van der Waals surface area contributed by atoms with Gasteiger partial charge in [-0.3, -0.25) is 9.69 Å². The summed E-state index contributed by atoms with van der Waals surface area (Å²) in [5.74, 6) is 0.685. The Morgan fingerprint density at radius 2 is 1.64 bits per heavy atom. The average Bonchev–Trinajstić information content (AvgIpc) is 2.69. The third kappa shape index (κ3) is 3.14. The topological polar surface area (TPSA) is 52.7 Å². The number of imide groups is 1. The molecule has 1 saturated carbocycles. The van der Waals surface area contributed by atoms with E-state index < -0.39 is 5.54 Å². The minimum absolute atomic E-state index is 0.0199. The van der Waals surface area contributed by atoms with Crippen molar-refractivity contribution in [2.45, 2.75) is 70.3 Å². The highest BCUT2D eigenvalue weighted by Crippen LogP contribution is 2.36. The minimum atomic E-state index is -0.591. The monoisotopic (exact) mass is 307 g/mol. The summed E-state index contributed by atoms with van der Waals surface area (Å²) in [5.41, 5.74) is -0.591. The lowest BCUT2D eigenvalue weighted by Gasteiger charge is -2.34. The van der Waals surface area contributed by atoms with Gasteiger partial charge in [0.2, 0.25) is 0 Å². The van der Waals surface area contributed by atoms with Gasteiger partial charge in [-0.2, -0.15) is 0 Å². The fraction of sp³-hybridized carbons (Fsp3) is 0.882. The van der Waals surface area contributed by atoms with E-state index in [9.17, 15) is 9.59 Å². The molecule has 3 rings (SSSR count). The summed E-state index contributed by atoms with van der Waals surface area (Å²) in [7, 11) is 0. The molecule has 0 unspecified atom stereocenters. The quantitative estimate of drug-likeness (QED) is 0.798. The summed E-state index contributed by atoms with van der Waals surface area (Å²) in [6.07, 6.45) is 9.85. The summed E-state index contributed by atoms with van der Waals surface area (Å²) in [4.78, 5) is 28.9. The molecule has 0 aromatic carbocycles. The number of amides is 3. The molecule has 2 saturated heterocycles. The Bertz CT molecular complexity index is 422. The third-order valence-electron chi connectivity index (χ3n) is 5.66. The summed E-state index contributed by atoms with van der Waals surface area (Å²) in [6.45, 7) is 4.70. The fourth-order valence-electron chi connectivity index (χ4n) is 4.05. The molecule has 3 aliphatic rings. The molecule has 22 heavy (non-hydrogen) atoms. The Balaban J connectivity index is 1.63. The van der Waals surface area contributed by atoms with Crippen LogP contribution in [0.5, 0.6) is 0 Å². The van der Waals surface area contributed by atoms with Gasteiger partial charge in [0.1, 0.15) is 5.54 Å². The number of hydrogen-bond acceptors (Lipinski definition) is 3. The van der Waals surface area contributed by atoms with Gasteiger partial charge >= 0.3 is 6.03 Å². The maximum absolute atomic E-state index is 12.8. The van der Waals surface area contributed by atoms with Crippen molar-refractivity contribution in [1.29, 1.82) is 0 Å². The van der Waals surface area contributed by atoms with Crippen molar-refractivity contribution in [3.8, 4) is 0 Å². The van der Waals surface area contributed by atoms with E-state index >= 15 is 0 Å². The molecule has 1 spiro atoms. The molecule has 3 fully saturated rings. The molecule has 5 nitrogen and oxygen atoms in total. The van der Waals surface area contributed by atoms with Crippen LogP contribution in [0, 0.1) is 5.92 Å². The Hall–Kier alpha value is -1.10. The second-order valence-electron chi connectivity index (χ2n) is 7.46. The van der Waals surface area contributed by atoms with Crippen molar-refractivity contribution in [1.82, 2.24) is 15.1 Å². The first-order valence-corrected chi connectivity index (χ1v) is 8.97. The van der Waals surface area contributed by atoms with Crippen molar-refractivity contribution < 1.29 is 9.59 Å². The summed E-state index contributed by atoms with van der Waals surface area (Å²) >= 11 is 0. The zero-order valence-corrected chi connectivity index (χ0v) is 13.8. The van der Waals surface area contributed by atoms with Crippen LogP contribution in [0.15, 0.2) is 0 Å². The van der Waals surface area contributed by atoms with Gasteiger partial charge in [0, 0.05) is 0 Å². The lowest BCUT2D eigenvalue weighted by atomic mass is 9.77. The molecule has 0 atom stereocenters. The summed E-state index contributed by atoms with van der Waals surface area (Å²) < 4.78 is 0. The van der Waals surface area contributed by atoms with E-state index in [0.717, 1.165) is 38.8 Å². The smallest absolute Gasteiger partial charge is 0.323 e. The number of nitrogens with zero attached hydrogens (tertiary/aromatic N) is 2. The van der Waals surface area contributed by atoms with E-state index in [4.69, 9.17) is 0 Å². The van der Waals surface area contributed by atoms with Gasteiger partial charge in [-0.15, -0.1) is 0 Å². The van der Waals surface area contributed by atoms with Crippen LogP contribution >= 0.6 is 0 Å². The zero-order valence-electron chi connectivity index (χ0n) is 13.8. The van der Waals surface area contributed by atoms with Gasteiger partial charge in [0.25, 0.3) is 5.91 Å². The molecule has 0 aromatic rings. The van der Waals surface area contributed by atoms with E-state index in [0.29, 0.717) is 12.6 Å². The van der Waals surface area contributed by atoms with Crippen molar-refractivity contribution in [2.24, 2.45) is 5.92 Å². The van der Waals surface area contributed by atoms with Crippen LogP contribution in [-0.2, 0) is 4.79 Å². The first kappa shape index (κ1) is 15.8. The van der Waals surface area contributed by atoms with Crippen LogP contribution in [-0.4, -0.2) is 47.0 Å². The first-order chi connectivity index (χ1) is 10.6. The van der Waals surface area contributed by atoms with E-state index in [1.165, 1.54) is 37.0 Å². The number of urea groups is 1. The summed E-state index contributed by atoms with van der Waals surface area (Å²) in [5, 5.41) is 3.02. The average molecular weight is 307 g/mol. The SMILES string of the molecule is CC1CCC2(CC1)NC(=O)N(CN1CCCCCCC1)C2=O. The molecule has 2 aliphatic heterocycles. The Morgan fingerprint density at radius 1 is 1.05 bits per heavy atom. The van der Waals surface area contributed by atoms with Crippen LogP contribution in [0.2, 0.25) is 0 Å². The number of likely N-dealkylation sites (tertiary alicyclic amines) is 1. The Labute approximate surface area is 133 Å². The molecule has 0 radical (unpaired) electrons. The van der Waals surface area contributed by atoms with E-state index in [1.54, 1.807) is 0 Å². The second-order valence-corrected chi connectivity index (χ2v) is 7.46. The number of carbonyl (C=O) groups is 2.